The van der Waals surface area contributed by atoms with Crippen LogP contribution in [0.5, 0.6) is 5.75 Å². The molecule has 1 aliphatic carbocycles. The van der Waals surface area contributed by atoms with Gasteiger partial charge in [0.1, 0.15) is 5.75 Å². The van der Waals surface area contributed by atoms with Crippen molar-refractivity contribution in [2.45, 2.75) is 19.3 Å². The molecule has 92 valence electrons. The molecule has 2 aromatic rings. The Hall–Kier alpha value is -2.03. The summed E-state index contributed by atoms with van der Waals surface area (Å²) in [4.78, 5) is 7.18. The fourth-order valence-electron chi connectivity index (χ4n) is 2.50. The van der Waals surface area contributed by atoms with Crippen molar-refractivity contribution in [1.82, 2.24) is 9.97 Å². The minimum Gasteiger partial charge on any atom is -0.497 e. The van der Waals surface area contributed by atoms with Gasteiger partial charge in [-0.15, -0.1) is 0 Å². The smallest absolute Gasteiger partial charge is 0.119 e. The monoisotopic (exact) mass is 240 g/mol. The molecule has 0 radical (unpaired) electrons. The molecule has 1 heterocycles. The minimum atomic E-state index is 0.941. The predicted molar refractivity (Wildman–Crippen MR) is 72.4 cm³/mol. The number of hydrogen-bond acceptors (Lipinski definition) is 2. The number of aromatic amines is 1. The van der Waals surface area contributed by atoms with Crippen LogP contribution in [0.4, 0.5) is 0 Å². The van der Waals surface area contributed by atoms with E-state index in [1.807, 2.05) is 12.3 Å². The summed E-state index contributed by atoms with van der Waals surface area (Å²) in [6.07, 6.45) is 9.21. The Morgan fingerprint density at radius 3 is 3.06 bits per heavy atom. The van der Waals surface area contributed by atoms with Crippen LogP contribution in [0, 0.1) is 0 Å². The van der Waals surface area contributed by atoms with E-state index in [2.05, 4.69) is 28.2 Å². The lowest BCUT2D eigenvalue weighted by Crippen LogP contribution is -2.02. The lowest BCUT2D eigenvalue weighted by molar-refractivity contribution is 0.414. The van der Waals surface area contributed by atoms with Crippen LogP contribution in [0.3, 0.4) is 0 Å². The highest BCUT2D eigenvalue weighted by molar-refractivity contribution is 5.83. The SMILES string of the molecule is COc1ccc2c(c1)CCCC2=Cc1cnc[nH]1. The Morgan fingerprint density at radius 1 is 1.33 bits per heavy atom. The summed E-state index contributed by atoms with van der Waals surface area (Å²) in [5, 5.41) is 0. The molecule has 3 heteroatoms. The van der Waals surface area contributed by atoms with Crippen molar-refractivity contribution in [3.8, 4) is 5.75 Å². The van der Waals surface area contributed by atoms with Crippen LogP contribution in [-0.4, -0.2) is 17.1 Å². The number of methoxy groups -OCH3 is 1. The van der Waals surface area contributed by atoms with Gasteiger partial charge in [0.15, 0.2) is 0 Å². The minimum absolute atomic E-state index is 0.941. The maximum atomic E-state index is 5.29. The molecule has 18 heavy (non-hydrogen) atoms. The molecule has 1 N–H and O–H groups in total. The highest BCUT2D eigenvalue weighted by Gasteiger charge is 2.14. The fraction of sp³-hybridized carbons (Fsp3) is 0.267. The quantitative estimate of drug-likeness (QED) is 0.874. The van der Waals surface area contributed by atoms with Crippen LogP contribution in [0.15, 0.2) is 30.7 Å². The summed E-state index contributed by atoms with van der Waals surface area (Å²) in [5.74, 6) is 0.941. The van der Waals surface area contributed by atoms with Crippen molar-refractivity contribution in [3.05, 3.63) is 47.5 Å². The Morgan fingerprint density at radius 2 is 2.28 bits per heavy atom. The van der Waals surface area contributed by atoms with E-state index in [1.54, 1.807) is 13.4 Å². The summed E-state index contributed by atoms with van der Waals surface area (Å²) in [6, 6.07) is 6.34. The van der Waals surface area contributed by atoms with Crippen LogP contribution < -0.4 is 4.74 Å². The number of allylic oxidation sites excluding steroid dienone is 1. The van der Waals surface area contributed by atoms with E-state index in [1.165, 1.54) is 23.1 Å². The third kappa shape index (κ3) is 2.04. The first kappa shape index (κ1) is 11.1. The summed E-state index contributed by atoms with van der Waals surface area (Å²) in [6.45, 7) is 0. The second-order valence-electron chi connectivity index (χ2n) is 4.55. The highest BCUT2D eigenvalue weighted by Crippen LogP contribution is 2.33. The first-order valence-corrected chi connectivity index (χ1v) is 6.23. The summed E-state index contributed by atoms with van der Waals surface area (Å²) >= 11 is 0. The maximum absolute atomic E-state index is 5.29. The molecule has 3 rings (SSSR count). The summed E-state index contributed by atoms with van der Waals surface area (Å²) < 4.78 is 5.29. The number of nitrogens with zero attached hydrogens (tertiary/aromatic N) is 1. The normalized spacial score (nSPS) is 16.6. The molecular formula is C15H16N2O. The van der Waals surface area contributed by atoms with Crippen molar-refractivity contribution in [3.63, 3.8) is 0 Å². The van der Waals surface area contributed by atoms with Gasteiger partial charge in [-0.2, -0.15) is 0 Å². The Bertz CT molecular complexity index is 570. The topological polar surface area (TPSA) is 37.9 Å². The maximum Gasteiger partial charge on any atom is 0.119 e. The summed E-state index contributed by atoms with van der Waals surface area (Å²) in [7, 11) is 1.71. The average Bonchev–Trinajstić information content (AvgIpc) is 2.91. The van der Waals surface area contributed by atoms with E-state index in [4.69, 9.17) is 4.74 Å². The lowest BCUT2D eigenvalue weighted by atomic mass is 9.87. The van der Waals surface area contributed by atoms with Gasteiger partial charge in [0, 0.05) is 0 Å². The van der Waals surface area contributed by atoms with Crippen LogP contribution >= 0.6 is 0 Å². The third-order valence-corrected chi connectivity index (χ3v) is 3.40. The zero-order valence-corrected chi connectivity index (χ0v) is 10.4. The predicted octanol–water partition coefficient (Wildman–Crippen LogP) is 3.30. The third-order valence-electron chi connectivity index (χ3n) is 3.40. The molecule has 0 amide bonds. The van der Waals surface area contributed by atoms with E-state index >= 15 is 0 Å². The van der Waals surface area contributed by atoms with Crippen LogP contribution in [0.25, 0.3) is 11.6 Å². The number of nitrogens with one attached hydrogen (secondary N) is 1. The van der Waals surface area contributed by atoms with Crippen molar-refractivity contribution in [2.75, 3.05) is 7.11 Å². The number of ether oxygens (including phenoxy) is 1. The molecule has 0 fully saturated rings. The van der Waals surface area contributed by atoms with Gasteiger partial charge in [0.05, 0.1) is 25.3 Å². The van der Waals surface area contributed by atoms with E-state index in [0.29, 0.717) is 0 Å². The van der Waals surface area contributed by atoms with Crippen LogP contribution in [0.1, 0.15) is 29.7 Å². The number of aryl methyl sites for hydroxylation is 1. The first-order chi connectivity index (χ1) is 8.86. The first-order valence-electron chi connectivity index (χ1n) is 6.23. The van der Waals surface area contributed by atoms with E-state index in [9.17, 15) is 0 Å². The van der Waals surface area contributed by atoms with Gasteiger partial charge in [-0.25, -0.2) is 4.98 Å². The Balaban J connectivity index is 2.02. The van der Waals surface area contributed by atoms with Crippen molar-refractivity contribution < 1.29 is 4.74 Å². The van der Waals surface area contributed by atoms with Crippen LogP contribution in [0.2, 0.25) is 0 Å². The van der Waals surface area contributed by atoms with Gasteiger partial charge >= 0.3 is 0 Å². The molecule has 3 nitrogen and oxygen atoms in total. The molecule has 1 aromatic carbocycles. The molecule has 0 saturated carbocycles. The lowest BCUT2D eigenvalue weighted by Gasteiger charge is -2.19. The molecular weight excluding hydrogens is 224 g/mol. The van der Waals surface area contributed by atoms with Crippen molar-refractivity contribution in [1.29, 1.82) is 0 Å². The standard InChI is InChI=1S/C15H16N2O/c1-18-14-5-6-15-11(3-2-4-12(15)8-14)7-13-9-16-10-17-13/h5-10H,2-4H2,1H3,(H,16,17). The number of H-pyrrole nitrogens is 1. The molecule has 0 saturated heterocycles. The average molecular weight is 240 g/mol. The van der Waals surface area contributed by atoms with Crippen LogP contribution in [-0.2, 0) is 6.42 Å². The van der Waals surface area contributed by atoms with E-state index in [0.717, 1.165) is 24.3 Å². The number of hydrogen-bond donors (Lipinski definition) is 1. The van der Waals surface area contributed by atoms with Gasteiger partial charge in [0.2, 0.25) is 0 Å². The zero-order valence-electron chi connectivity index (χ0n) is 10.4. The van der Waals surface area contributed by atoms with Gasteiger partial charge in [0.25, 0.3) is 0 Å². The second-order valence-corrected chi connectivity index (χ2v) is 4.55. The van der Waals surface area contributed by atoms with Gasteiger partial charge in [-0.3, -0.25) is 0 Å². The Labute approximate surface area is 107 Å². The number of benzene rings is 1. The van der Waals surface area contributed by atoms with Gasteiger partial charge in [-0.1, -0.05) is 6.07 Å². The largest absolute Gasteiger partial charge is 0.497 e. The Kier molecular flexibility index (Phi) is 2.89. The fourth-order valence-corrected chi connectivity index (χ4v) is 2.50. The molecule has 0 unspecified atom stereocenters. The zero-order chi connectivity index (χ0) is 12.4. The number of rotatable bonds is 2. The van der Waals surface area contributed by atoms with Crippen molar-refractivity contribution in [2.24, 2.45) is 0 Å². The van der Waals surface area contributed by atoms with Gasteiger partial charge in [-0.05, 0) is 54.2 Å². The molecule has 1 aromatic heterocycles. The molecule has 0 atom stereocenters. The second kappa shape index (κ2) is 4.69. The number of imidazole rings is 1. The van der Waals surface area contributed by atoms with Crippen molar-refractivity contribution >= 4 is 11.6 Å². The number of fused-ring (bicyclic) bond motifs is 1. The molecule has 0 bridgehead atoms. The van der Waals surface area contributed by atoms with E-state index in [-0.39, 0.29) is 0 Å². The molecule has 0 aliphatic heterocycles. The number of aromatic nitrogens is 2. The molecule has 1 aliphatic rings. The highest BCUT2D eigenvalue weighted by atomic mass is 16.5. The van der Waals surface area contributed by atoms with Gasteiger partial charge < -0.3 is 9.72 Å². The summed E-state index contributed by atoms with van der Waals surface area (Å²) in [5.41, 5.74) is 5.17. The van der Waals surface area contributed by atoms with E-state index < -0.39 is 0 Å². The molecule has 0 spiro atoms.